The van der Waals surface area contributed by atoms with Crippen molar-refractivity contribution in [2.24, 2.45) is 0 Å². The fourth-order valence-corrected chi connectivity index (χ4v) is 12.6. The molecule has 7 radical (unpaired) electrons. The molecule has 463 valence electrons. The van der Waals surface area contributed by atoms with Gasteiger partial charge in [0.15, 0.2) is 0 Å². The summed E-state index contributed by atoms with van der Waals surface area (Å²) in [6.45, 7) is 33.6. The molecule has 11 heteroatoms. The summed E-state index contributed by atoms with van der Waals surface area (Å²) < 4.78 is 0. The maximum atomic E-state index is 10.7. The first-order valence-corrected chi connectivity index (χ1v) is 33.5. The van der Waals surface area contributed by atoms with Gasteiger partial charge in [-0.05, 0) is 204 Å². The van der Waals surface area contributed by atoms with Crippen molar-refractivity contribution in [2.75, 3.05) is 72.0 Å². The molecule has 0 fully saturated rings. The minimum absolute atomic E-state index is 0.318. The molecule has 10 rings (SSSR count). The molecule has 0 aliphatic carbocycles. The predicted octanol–water partition coefficient (Wildman–Crippen LogP) is 18.8. The number of benzene rings is 10. The Labute approximate surface area is 572 Å². The minimum atomic E-state index is -0.463. The van der Waals surface area contributed by atoms with Gasteiger partial charge < -0.3 is 19.6 Å². The Kier molecular flexibility index (Phi) is 24.9. The molecular weight excluding hydrogens is 1150 g/mol. The van der Waals surface area contributed by atoms with Crippen LogP contribution in [0.25, 0.3) is 60.7 Å². The molecule has 0 bridgehead atoms. The number of hydrogen-bond donors (Lipinski definition) is 0. The molecule has 6 nitrogen and oxygen atoms in total. The molecule has 0 aliphatic heterocycles. The van der Waals surface area contributed by atoms with Gasteiger partial charge in [0.05, 0.1) is 18.2 Å². The molecular formula is C84H82B5N6. The van der Waals surface area contributed by atoms with Crippen molar-refractivity contribution in [3.63, 3.8) is 0 Å². The topological polar surface area (TPSA) is 41.1 Å². The van der Waals surface area contributed by atoms with E-state index in [4.69, 9.17) is 29.8 Å². The quantitative estimate of drug-likeness (QED) is 0.0247. The molecule has 10 aromatic rings. The zero-order chi connectivity index (χ0) is 67.2. The van der Waals surface area contributed by atoms with Gasteiger partial charge in [-0.1, -0.05) is 206 Å². The van der Waals surface area contributed by atoms with Gasteiger partial charge in [0.1, 0.15) is 0 Å². The summed E-state index contributed by atoms with van der Waals surface area (Å²) in [5.41, 5.74) is 24.8. The van der Waals surface area contributed by atoms with Crippen LogP contribution in [-0.2, 0) is 0 Å². The van der Waals surface area contributed by atoms with E-state index in [2.05, 4.69) is 316 Å². The van der Waals surface area contributed by atoms with Crippen LogP contribution in [0.4, 0.5) is 22.7 Å². The number of rotatable bonds is 25. The normalized spacial score (nSPS) is 10.9. The highest BCUT2D eigenvalue weighted by Crippen LogP contribution is 2.42. The van der Waals surface area contributed by atoms with Crippen molar-refractivity contribution in [1.29, 1.82) is 5.26 Å². The second kappa shape index (κ2) is 34.2. The first-order valence-electron chi connectivity index (χ1n) is 33.5. The van der Waals surface area contributed by atoms with Gasteiger partial charge in [-0.15, -0.1) is 0 Å². The second-order valence-electron chi connectivity index (χ2n) is 23.1. The zero-order valence-corrected chi connectivity index (χ0v) is 56.5. The van der Waals surface area contributed by atoms with Crippen LogP contribution in [0.15, 0.2) is 255 Å². The van der Waals surface area contributed by atoms with Crippen LogP contribution < -0.4 is 19.6 Å². The molecule has 0 heterocycles. The fourth-order valence-electron chi connectivity index (χ4n) is 12.6. The van der Waals surface area contributed by atoms with Crippen molar-refractivity contribution in [1.82, 2.24) is 0 Å². The summed E-state index contributed by atoms with van der Waals surface area (Å²) >= 11 is 0. The van der Waals surface area contributed by atoms with Gasteiger partial charge in [0, 0.05) is 112 Å². The number of hydrogen-bond acceptors (Lipinski definition) is 5. The fraction of sp³-hybridized carbons (Fsp3) is 0.190. The minimum Gasteiger partial charge on any atom is -0.372 e. The van der Waals surface area contributed by atoms with Crippen LogP contribution in [0.2, 0.25) is 0 Å². The van der Waals surface area contributed by atoms with E-state index in [0.29, 0.717) is 22.4 Å². The van der Waals surface area contributed by atoms with Gasteiger partial charge >= 0.3 is 0 Å². The molecule has 95 heavy (non-hydrogen) atoms. The molecule has 0 spiro atoms. The van der Waals surface area contributed by atoms with Crippen LogP contribution in [0, 0.1) is 17.9 Å². The third kappa shape index (κ3) is 16.7. The van der Waals surface area contributed by atoms with Gasteiger partial charge in [0.2, 0.25) is 5.70 Å². The van der Waals surface area contributed by atoms with Gasteiger partial charge in [-0.25, -0.2) is 4.85 Å². The highest BCUT2D eigenvalue weighted by molar-refractivity contribution is 7.60. The summed E-state index contributed by atoms with van der Waals surface area (Å²) in [6, 6.07) is 93.8. The van der Waals surface area contributed by atoms with Crippen LogP contribution in [0.5, 0.6) is 0 Å². The largest absolute Gasteiger partial charge is 0.372 e. The van der Waals surface area contributed by atoms with Crippen molar-refractivity contribution < 1.29 is 0 Å². The zero-order valence-electron chi connectivity index (χ0n) is 56.5. The molecule has 0 atom stereocenters. The Hall–Kier alpha value is -10.1. The van der Waals surface area contributed by atoms with Crippen molar-refractivity contribution in [3.8, 4) is 28.3 Å². The average molecular weight is 1230 g/mol. The molecule has 0 aromatic heterocycles. The monoisotopic (exact) mass is 1230 g/mol. The predicted molar refractivity (Wildman–Crippen MR) is 414 cm³/mol. The Balaban J connectivity index is 0.00000204. The summed E-state index contributed by atoms with van der Waals surface area (Å²) in [5, 5.41) is 10.7. The summed E-state index contributed by atoms with van der Waals surface area (Å²) in [6.07, 6.45) is -0.463. The van der Waals surface area contributed by atoms with E-state index in [1.807, 2.05) is 24.3 Å². The lowest BCUT2D eigenvalue weighted by Crippen LogP contribution is -2.23. The van der Waals surface area contributed by atoms with Crippen LogP contribution in [0.3, 0.4) is 0 Å². The summed E-state index contributed by atoms with van der Waals surface area (Å²) in [7, 11) is 15.8. The molecule has 0 N–H and O–H groups in total. The molecule has 0 unspecified atom stereocenters. The maximum absolute atomic E-state index is 10.7. The van der Waals surface area contributed by atoms with E-state index in [-0.39, 0.29) is 0 Å². The van der Waals surface area contributed by atoms with Crippen molar-refractivity contribution in [2.45, 2.75) is 55.4 Å². The third-order valence-corrected chi connectivity index (χ3v) is 17.8. The summed E-state index contributed by atoms with van der Waals surface area (Å²) in [5.74, 6) is 0. The summed E-state index contributed by atoms with van der Waals surface area (Å²) in [4.78, 5) is 13.5. The lowest BCUT2D eigenvalue weighted by atomic mass is 8.97. The van der Waals surface area contributed by atoms with Crippen LogP contribution >= 0.6 is 0 Å². The molecule has 0 saturated heterocycles. The Morgan fingerprint density at radius 2 is 0.537 bits per heavy atom. The van der Waals surface area contributed by atoms with E-state index in [9.17, 15) is 5.26 Å². The highest BCUT2D eigenvalue weighted by atomic mass is 15.1. The Bertz CT molecular complexity index is 3850. The van der Waals surface area contributed by atoms with Gasteiger partial charge in [-0.3, -0.25) is 0 Å². The number of anilines is 4. The van der Waals surface area contributed by atoms with Crippen molar-refractivity contribution >= 4 is 93.0 Å². The molecule has 10 aromatic carbocycles. The van der Waals surface area contributed by atoms with E-state index in [0.717, 1.165) is 130 Å². The maximum Gasteiger partial charge on any atom is 0.212 e. The highest BCUT2D eigenvalue weighted by Gasteiger charge is 2.21. The number of allylic oxidation sites excluding steroid dienone is 1. The van der Waals surface area contributed by atoms with Crippen molar-refractivity contribution in [3.05, 3.63) is 322 Å². The average Bonchev–Trinajstić information content (AvgIpc) is 0.837. The Morgan fingerprint density at radius 1 is 0.337 bits per heavy atom. The van der Waals surface area contributed by atoms with Crippen LogP contribution in [0.1, 0.15) is 111 Å². The van der Waals surface area contributed by atoms with E-state index in [1.165, 1.54) is 41.0 Å². The van der Waals surface area contributed by atoms with E-state index >= 15 is 0 Å². The van der Waals surface area contributed by atoms with Crippen LogP contribution in [-0.4, -0.2) is 89.0 Å². The second-order valence-corrected chi connectivity index (χ2v) is 23.1. The standard InChI is InChI=1S/C84H82N6.B5/c1-10-87(11-2)75-52-44-70(45-53-75)82(71-46-54-76(55-47-71)88(12-3)13-4)80(66-24-20-18-21-25-66)68-38-30-62(31-39-68)61-28-36-65(37-29-61)79(60-85)84(86-9)74-42-34-64(35-43-74)63-32-40-69(41-33-63)81(67-26-22-19-23-27-67)83(72-48-56-77(57-49-72)89(14-5)15-6)73-50-58-78(59-51-73)90(16-7)17-8;1-4-5(2)3/h18-59H,10-17H2,1-8H3;/b84-79-;. The first kappa shape index (κ1) is 69.3. The van der Waals surface area contributed by atoms with E-state index in [1.54, 1.807) is 0 Å². The number of nitrogens with zero attached hydrogens (tertiary/aromatic N) is 6. The van der Waals surface area contributed by atoms with E-state index < -0.39 is 6.39 Å². The lowest BCUT2D eigenvalue weighted by molar-refractivity contribution is 0.866. The molecule has 0 aliphatic rings. The first-order chi connectivity index (χ1) is 46.5. The number of nitriles is 1. The SMILES string of the molecule is [B][B]B([B])[B].[C-]#[N+]/C(=C(/C#N)c1ccc(-c2ccc(C(=C(c3ccc(N(CC)CC)cc3)c3ccc(N(CC)CC)cc3)c3ccccc3)cc2)cc1)c1ccc(-c2ccc(C(=C(c3ccc(N(CC)CC)cc3)c3ccc(N(CC)CC)cc3)c3ccccc3)cc2)cc1. The third-order valence-electron chi connectivity index (χ3n) is 17.8. The molecule has 0 saturated carbocycles. The lowest BCUT2D eigenvalue weighted by Gasteiger charge is -2.24. The smallest absolute Gasteiger partial charge is 0.212 e. The van der Waals surface area contributed by atoms with Gasteiger partial charge in [-0.2, -0.15) is 5.26 Å². The molecule has 0 amide bonds. The Morgan fingerprint density at radius 3 is 0.737 bits per heavy atom. The van der Waals surface area contributed by atoms with Gasteiger partial charge in [0.25, 0.3) is 0 Å².